The lowest BCUT2D eigenvalue weighted by Crippen LogP contribution is -2.27. The van der Waals surface area contributed by atoms with Crippen LogP contribution in [-0.4, -0.2) is 54.7 Å². The number of pyridine rings is 2. The second kappa shape index (κ2) is 9.59. The minimum atomic E-state index is 0.416. The molecule has 0 saturated heterocycles. The van der Waals surface area contributed by atoms with Gasteiger partial charge in [-0.1, -0.05) is 0 Å². The zero-order valence-corrected chi connectivity index (χ0v) is 15.3. The molecule has 0 aliphatic heterocycles. The lowest BCUT2D eigenvalue weighted by molar-refractivity contribution is -0.105. The molecule has 0 aliphatic rings. The molecular formula is C18H25N7O. The van der Waals surface area contributed by atoms with Gasteiger partial charge < -0.3 is 26.3 Å². The zero-order chi connectivity index (χ0) is 18.9. The summed E-state index contributed by atoms with van der Waals surface area (Å²) in [5.74, 6) is 0.416. The van der Waals surface area contributed by atoms with E-state index in [9.17, 15) is 4.79 Å². The maximum Gasteiger partial charge on any atom is 0.212 e. The first-order valence-electron chi connectivity index (χ1n) is 8.33. The van der Waals surface area contributed by atoms with Gasteiger partial charge in [-0.15, -0.1) is 0 Å². The van der Waals surface area contributed by atoms with Gasteiger partial charge in [0.05, 0.1) is 11.4 Å². The normalized spacial score (nSPS) is 10.6. The molecule has 8 heteroatoms. The third-order valence-corrected chi connectivity index (χ3v) is 3.68. The Balaban J connectivity index is 2.31. The Morgan fingerprint density at radius 2 is 2.12 bits per heavy atom. The van der Waals surface area contributed by atoms with Gasteiger partial charge in [-0.05, 0) is 39.2 Å². The molecule has 0 bridgehead atoms. The highest BCUT2D eigenvalue weighted by molar-refractivity contribution is 5.90. The molecule has 0 fully saturated rings. The predicted octanol–water partition coefficient (Wildman–Crippen LogP) is 1.75. The summed E-state index contributed by atoms with van der Waals surface area (Å²) in [4.78, 5) is 21.6. The molecule has 2 aromatic rings. The molecule has 0 radical (unpaired) electrons. The quantitative estimate of drug-likeness (QED) is 0.294. The Bertz CT molecular complexity index is 761. The first-order chi connectivity index (χ1) is 12.5. The Hall–Kier alpha value is -2.84. The molecule has 4 N–H and O–H groups in total. The van der Waals surface area contributed by atoms with Crippen molar-refractivity contribution in [1.82, 2.24) is 20.2 Å². The van der Waals surface area contributed by atoms with E-state index in [2.05, 4.69) is 30.8 Å². The molecule has 1 amide bonds. The highest BCUT2D eigenvalue weighted by atomic mass is 16.1. The number of aromatic nitrogens is 2. The molecule has 2 rings (SSSR count). The molecule has 2 heterocycles. The first-order valence-corrected chi connectivity index (χ1v) is 8.33. The van der Waals surface area contributed by atoms with E-state index in [1.807, 2.05) is 33.2 Å². The average Bonchev–Trinajstić information content (AvgIpc) is 2.60. The van der Waals surface area contributed by atoms with E-state index in [4.69, 9.17) is 5.41 Å². The van der Waals surface area contributed by atoms with Crippen molar-refractivity contribution in [2.75, 3.05) is 37.8 Å². The standard InChI is InChI=1S/C18H25N7O/c1-13-8-15(4-5-21-13)23-18-14(10-19)9-17(22-12-26)24-16(18)11-20-6-7-25(2)3/h4-5,8-10,12,19-20H,6-7,11H2,1-3H3,(H,21,23)(H,22,24,26). The van der Waals surface area contributed by atoms with Crippen LogP contribution in [-0.2, 0) is 11.3 Å². The fraction of sp³-hybridized carbons (Fsp3) is 0.333. The lowest BCUT2D eigenvalue weighted by atomic mass is 10.1. The Kier molecular flexibility index (Phi) is 7.19. The zero-order valence-electron chi connectivity index (χ0n) is 15.3. The Morgan fingerprint density at radius 3 is 2.77 bits per heavy atom. The SMILES string of the molecule is Cc1cc(Nc2c(C=N)cc(NC=O)nc2CNCCN(C)C)ccn1. The van der Waals surface area contributed by atoms with E-state index in [-0.39, 0.29) is 0 Å². The summed E-state index contributed by atoms with van der Waals surface area (Å²) in [6, 6.07) is 5.46. The van der Waals surface area contributed by atoms with Crippen molar-refractivity contribution in [3.8, 4) is 0 Å². The number of likely N-dealkylation sites (N-methyl/N-ethyl adjacent to an activating group) is 1. The Labute approximate surface area is 153 Å². The van der Waals surface area contributed by atoms with Crippen LogP contribution in [0.25, 0.3) is 0 Å². The van der Waals surface area contributed by atoms with Crippen molar-refractivity contribution in [1.29, 1.82) is 5.41 Å². The van der Waals surface area contributed by atoms with Gasteiger partial charge in [0.1, 0.15) is 5.82 Å². The maximum absolute atomic E-state index is 10.8. The van der Waals surface area contributed by atoms with Crippen LogP contribution in [0.3, 0.4) is 0 Å². The van der Waals surface area contributed by atoms with Crippen LogP contribution >= 0.6 is 0 Å². The number of rotatable bonds is 10. The minimum Gasteiger partial charge on any atom is -0.353 e. The molecule has 0 unspecified atom stereocenters. The number of hydrogen-bond acceptors (Lipinski definition) is 7. The van der Waals surface area contributed by atoms with E-state index in [1.54, 1.807) is 12.3 Å². The van der Waals surface area contributed by atoms with Crippen LogP contribution in [0.2, 0.25) is 0 Å². The summed E-state index contributed by atoms with van der Waals surface area (Å²) in [5.41, 5.74) is 3.86. The molecular weight excluding hydrogens is 330 g/mol. The summed E-state index contributed by atoms with van der Waals surface area (Å²) in [5, 5.41) is 17.0. The molecule has 0 aromatic carbocycles. The number of aryl methyl sites for hydroxylation is 1. The molecule has 26 heavy (non-hydrogen) atoms. The molecule has 8 nitrogen and oxygen atoms in total. The van der Waals surface area contributed by atoms with E-state index in [0.717, 1.165) is 35.9 Å². The summed E-state index contributed by atoms with van der Waals surface area (Å²) >= 11 is 0. The van der Waals surface area contributed by atoms with Crippen molar-refractivity contribution >= 4 is 29.8 Å². The van der Waals surface area contributed by atoms with Gasteiger partial charge >= 0.3 is 0 Å². The van der Waals surface area contributed by atoms with E-state index >= 15 is 0 Å². The van der Waals surface area contributed by atoms with Gasteiger partial charge in [0.2, 0.25) is 6.41 Å². The monoisotopic (exact) mass is 355 g/mol. The summed E-state index contributed by atoms with van der Waals surface area (Å²) in [7, 11) is 4.03. The van der Waals surface area contributed by atoms with E-state index < -0.39 is 0 Å². The maximum atomic E-state index is 10.8. The van der Waals surface area contributed by atoms with Crippen LogP contribution in [0.1, 0.15) is 17.0 Å². The van der Waals surface area contributed by atoms with Gasteiger partial charge in [-0.2, -0.15) is 0 Å². The second-order valence-electron chi connectivity index (χ2n) is 6.12. The number of nitrogens with one attached hydrogen (secondary N) is 4. The summed E-state index contributed by atoms with van der Waals surface area (Å²) in [6.45, 7) is 4.13. The molecule has 0 aliphatic carbocycles. The molecule has 2 aromatic heterocycles. The van der Waals surface area contributed by atoms with Crippen LogP contribution in [0.15, 0.2) is 24.4 Å². The molecule has 0 saturated carbocycles. The van der Waals surface area contributed by atoms with Crippen molar-refractivity contribution in [3.63, 3.8) is 0 Å². The second-order valence-corrected chi connectivity index (χ2v) is 6.12. The van der Waals surface area contributed by atoms with Gasteiger partial charge in [0, 0.05) is 49.0 Å². The van der Waals surface area contributed by atoms with Crippen LogP contribution in [0, 0.1) is 12.3 Å². The van der Waals surface area contributed by atoms with Gasteiger partial charge in [0.15, 0.2) is 0 Å². The number of carbonyl (C=O) groups excluding carboxylic acids is 1. The summed E-state index contributed by atoms with van der Waals surface area (Å²) in [6.07, 6.45) is 3.56. The number of nitrogens with zero attached hydrogens (tertiary/aromatic N) is 3. The predicted molar refractivity (Wildman–Crippen MR) is 104 cm³/mol. The highest BCUT2D eigenvalue weighted by Gasteiger charge is 2.12. The van der Waals surface area contributed by atoms with Crippen molar-refractivity contribution in [3.05, 3.63) is 41.3 Å². The minimum absolute atomic E-state index is 0.416. The van der Waals surface area contributed by atoms with Crippen LogP contribution in [0.4, 0.5) is 17.2 Å². The molecule has 0 spiro atoms. The number of carbonyl (C=O) groups is 1. The van der Waals surface area contributed by atoms with E-state index in [0.29, 0.717) is 24.3 Å². The van der Waals surface area contributed by atoms with Crippen molar-refractivity contribution < 1.29 is 4.79 Å². The van der Waals surface area contributed by atoms with Crippen LogP contribution in [0.5, 0.6) is 0 Å². The topological polar surface area (TPSA) is 106 Å². The number of hydrogen-bond donors (Lipinski definition) is 4. The van der Waals surface area contributed by atoms with Crippen molar-refractivity contribution in [2.45, 2.75) is 13.5 Å². The molecule has 138 valence electrons. The van der Waals surface area contributed by atoms with E-state index in [1.165, 1.54) is 6.21 Å². The Morgan fingerprint density at radius 1 is 1.31 bits per heavy atom. The number of amides is 1. The highest BCUT2D eigenvalue weighted by Crippen LogP contribution is 2.26. The third-order valence-electron chi connectivity index (χ3n) is 3.68. The van der Waals surface area contributed by atoms with Crippen LogP contribution < -0.4 is 16.0 Å². The lowest BCUT2D eigenvalue weighted by Gasteiger charge is -2.17. The van der Waals surface area contributed by atoms with Gasteiger partial charge in [-0.3, -0.25) is 9.78 Å². The fourth-order valence-electron chi connectivity index (χ4n) is 2.42. The average molecular weight is 355 g/mol. The first kappa shape index (κ1) is 19.5. The smallest absolute Gasteiger partial charge is 0.212 e. The third kappa shape index (κ3) is 5.61. The van der Waals surface area contributed by atoms with Gasteiger partial charge in [0.25, 0.3) is 0 Å². The largest absolute Gasteiger partial charge is 0.353 e. The fourth-order valence-corrected chi connectivity index (χ4v) is 2.42. The van der Waals surface area contributed by atoms with Crippen molar-refractivity contribution in [2.24, 2.45) is 0 Å². The summed E-state index contributed by atoms with van der Waals surface area (Å²) < 4.78 is 0. The van der Waals surface area contributed by atoms with Gasteiger partial charge in [-0.25, -0.2) is 4.98 Å². The molecule has 0 atom stereocenters. The number of anilines is 3.